The highest BCUT2D eigenvalue weighted by molar-refractivity contribution is 7.99. The standard InChI is InChI=1S/C17H22N4OS/c1-17(14-6-4-3-5-7-14)9-8-15(22)21(12-17)10-11-23-16-19-18-13-20(16)2/h3-7,13H,8-12H2,1-2H3. The highest BCUT2D eigenvalue weighted by atomic mass is 32.2. The Morgan fingerprint density at radius 2 is 2.09 bits per heavy atom. The minimum Gasteiger partial charge on any atom is -0.341 e. The summed E-state index contributed by atoms with van der Waals surface area (Å²) in [6, 6.07) is 10.5. The average molecular weight is 330 g/mol. The van der Waals surface area contributed by atoms with E-state index in [1.165, 1.54) is 5.56 Å². The molecule has 0 radical (unpaired) electrons. The molecule has 2 heterocycles. The molecule has 6 heteroatoms. The fourth-order valence-electron chi connectivity index (χ4n) is 3.06. The highest BCUT2D eigenvalue weighted by Gasteiger charge is 2.35. The molecular weight excluding hydrogens is 308 g/mol. The third-order valence-corrected chi connectivity index (χ3v) is 5.53. The lowest BCUT2D eigenvalue weighted by atomic mass is 9.76. The third kappa shape index (κ3) is 3.58. The monoisotopic (exact) mass is 330 g/mol. The van der Waals surface area contributed by atoms with E-state index in [9.17, 15) is 4.79 Å². The van der Waals surface area contributed by atoms with Gasteiger partial charge in [-0.25, -0.2) is 0 Å². The molecule has 23 heavy (non-hydrogen) atoms. The van der Waals surface area contributed by atoms with Crippen molar-refractivity contribution in [3.63, 3.8) is 0 Å². The second-order valence-corrected chi connectivity index (χ2v) is 7.38. The minimum atomic E-state index is 0.0462. The molecule has 1 saturated heterocycles. The van der Waals surface area contributed by atoms with Gasteiger partial charge in [-0.15, -0.1) is 10.2 Å². The normalized spacial score (nSPS) is 21.7. The Hall–Kier alpha value is -1.82. The first kappa shape index (κ1) is 16.1. The van der Waals surface area contributed by atoms with Gasteiger partial charge >= 0.3 is 0 Å². The Bertz CT molecular complexity index is 672. The quantitative estimate of drug-likeness (QED) is 0.791. The number of aryl methyl sites for hydroxylation is 1. The maximum atomic E-state index is 12.3. The number of nitrogens with zero attached hydrogens (tertiary/aromatic N) is 4. The van der Waals surface area contributed by atoms with E-state index < -0.39 is 0 Å². The van der Waals surface area contributed by atoms with E-state index in [4.69, 9.17) is 0 Å². The number of likely N-dealkylation sites (tertiary alicyclic amines) is 1. The van der Waals surface area contributed by atoms with Crippen LogP contribution >= 0.6 is 11.8 Å². The summed E-state index contributed by atoms with van der Waals surface area (Å²) in [5, 5.41) is 8.83. The zero-order chi connectivity index (χ0) is 16.3. The molecular formula is C17H22N4OS. The Labute approximate surface area is 141 Å². The highest BCUT2D eigenvalue weighted by Crippen LogP contribution is 2.34. The van der Waals surface area contributed by atoms with Crippen molar-refractivity contribution in [3.05, 3.63) is 42.2 Å². The van der Waals surface area contributed by atoms with Crippen LogP contribution in [0, 0.1) is 0 Å². The molecule has 0 spiro atoms. The van der Waals surface area contributed by atoms with Crippen LogP contribution in [0.5, 0.6) is 0 Å². The van der Waals surface area contributed by atoms with Gasteiger partial charge in [-0.1, -0.05) is 49.0 Å². The van der Waals surface area contributed by atoms with Crippen molar-refractivity contribution < 1.29 is 4.79 Å². The number of aromatic nitrogens is 3. The van der Waals surface area contributed by atoms with Gasteiger partial charge in [0.15, 0.2) is 5.16 Å². The summed E-state index contributed by atoms with van der Waals surface area (Å²) in [6.45, 7) is 3.80. The summed E-state index contributed by atoms with van der Waals surface area (Å²) in [7, 11) is 1.93. The van der Waals surface area contributed by atoms with Crippen molar-refractivity contribution in [3.8, 4) is 0 Å². The molecule has 1 aliphatic heterocycles. The van der Waals surface area contributed by atoms with Gasteiger partial charge in [-0.3, -0.25) is 4.79 Å². The minimum absolute atomic E-state index is 0.0462. The molecule has 5 nitrogen and oxygen atoms in total. The number of carbonyl (C=O) groups excluding carboxylic acids is 1. The van der Waals surface area contributed by atoms with Crippen LogP contribution < -0.4 is 0 Å². The van der Waals surface area contributed by atoms with E-state index in [-0.39, 0.29) is 11.3 Å². The fourth-order valence-corrected chi connectivity index (χ4v) is 3.91. The van der Waals surface area contributed by atoms with Gasteiger partial charge in [0.05, 0.1) is 0 Å². The molecule has 0 bridgehead atoms. The third-order valence-electron chi connectivity index (χ3n) is 4.52. The van der Waals surface area contributed by atoms with Gasteiger partial charge < -0.3 is 9.47 Å². The Balaban J connectivity index is 1.62. The summed E-state index contributed by atoms with van der Waals surface area (Å²) in [4.78, 5) is 14.3. The zero-order valence-corrected chi connectivity index (χ0v) is 14.4. The van der Waals surface area contributed by atoms with E-state index in [1.54, 1.807) is 18.1 Å². The molecule has 1 amide bonds. The maximum absolute atomic E-state index is 12.3. The van der Waals surface area contributed by atoms with Crippen LogP contribution in [0.2, 0.25) is 0 Å². The first-order chi connectivity index (χ1) is 11.1. The number of carbonyl (C=O) groups is 1. The number of rotatable bonds is 5. The maximum Gasteiger partial charge on any atom is 0.222 e. The number of thioether (sulfide) groups is 1. The van der Waals surface area contributed by atoms with E-state index in [0.29, 0.717) is 6.42 Å². The van der Waals surface area contributed by atoms with E-state index >= 15 is 0 Å². The lowest BCUT2D eigenvalue weighted by Crippen LogP contribution is -2.48. The van der Waals surface area contributed by atoms with Crippen molar-refractivity contribution in [2.24, 2.45) is 7.05 Å². The van der Waals surface area contributed by atoms with Gasteiger partial charge in [0.1, 0.15) is 6.33 Å². The van der Waals surface area contributed by atoms with Crippen molar-refractivity contribution >= 4 is 17.7 Å². The molecule has 3 rings (SSSR count). The SMILES string of the molecule is Cn1cnnc1SCCN1CC(C)(c2ccccc2)CCC1=O. The number of benzene rings is 1. The Morgan fingerprint density at radius 3 is 2.78 bits per heavy atom. The van der Waals surface area contributed by atoms with Gasteiger partial charge in [0.25, 0.3) is 0 Å². The predicted molar refractivity (Wildman–Crippen MR) is 91.3 cm³/mol. The summed E-state index contributed by atoms with van der Waals surface area (Å²) >= 11 is 1.64. The molecule has 1 aromatic carbocycles. The summed E-state index contributed by atoms with van der Waals surface area (Å²) in [5.41, 5.74) is 1.36. The van der Waals surface area contributed by atoms with Crippen LogP contribution in [-0.2, 0) is 17.3 Å². The molecule has 1 atom stereocenters. The molecule has 1 unspecified atom stereocenters. The van der Waals surface area contributed by atoms with Crippen molar-refractivity contribution in [2.75, 3.05) is 18.8 Å². The smallest absolute Gasteiger partial charge is 0.222 e. The summed E-state index contributed by atoms with van der Waals surface area (Å²) in [5.74, 6) is 1.10. The molecule has 0 saturated carbocycles. The van der Waals surface area contributed by atoms with E-state index in [0.717, 1.165) is 30.4 Å². The molecule has 1 fully saturated rings. The Morgan fingerprint density at radius 1 is 1.30 bits per heavy atom. The molecule has 0 N–H and O–H groups in total. The van der Waals surface area contributed by atoms with Crippen molar-refractivity contribution in [1.82, 2.24) is 19.7 Å². The zero-order valence-electron chi connectivity index (χ0n) is 13.6. The van der Waals surface area contributed by atoms with Crippen LogP contribution in [0.25, 0.3) is 0 Å². The topological polar surface area (TPSA) is 51.0 Å². The summed E-state index contributed by atoms with van der Waals surface area (Å²) < 4.78 is 1.90. The van der Waals surface area contributed by atoms with Crippen molar-refractivity contribution in [2.45, 2.75) is 30.3 Å². The van der Waals surface area contributed by atoms with Crippen LogP contribution in [0.3, 0.4) is 0 Å². The average Bonchev–Trinajstić information content (AvgIpc) is 2.97. The van der Waals surface area contributed by atoms with Crippen LogP contribution in [0.4, 0.5) is 0 Å². The lowest BCUT2D eigenvalue weighted by Gasteiger charge is -2.40. The van der Waals surface area contributed by atoms with Gasteiger partial charge in [0, 0.05) is 37.7 Å². The number of amides is 1. The molecule has 1 aliphatic rings. The lowest BCUT2D eigenvalue weighted by molar-refractivity contribution is -0.134. The van der Waals surface area contributed by atoms with Gasteiger partial charge in [-0.05, 0) is 12.0 Å². The second kappa shape index (κ2) is 6.74. The number of hydrogen-bond acceptors (Lipinski definition) is 4. The number of piperidine rings is 1. The van der Waals surface area contributed by atoms with Crippen LogP contribution in [0.1, 0.15) is 25.3 Å². The first-order valence-electron chi connectivity index (χ1n) is 7.89. The molecule has 1 aromatic heterocycles. The molecule has 122 valence electrons. The van der Waals surface area contributed by atoms with Crippen LogP contribution in [-0.4, -0.2) is 44.4 Å². The van der Waals surface area contributed by atoms with Gasteiger partial charge in [0.2, 0.25) is 5.91 Å². The fraction of sp³-hybridized carbons (Fsp3) is 0.471. The summed E-state index contributed by atoms with van der Waals surface area (Å²) in [6.07, 6.45) is 3.24. The van der Waals surface area contributed by atoms with E-state index in [1.807, 2.05) is 22.6 Å². The van der Waals surface area contributed by atoms with Gasteiger partial charge in [-0.2, -0.15) is 0 Å². The van der Waals surface area contributed by atoms with Crippen LogP contribution in [0.15, 0.2) is 41.8 Å². The second-order valence-electron chi connectivity index (χ2n) is 6.31. The van der Waals surface area contributed by atoms with E-state index in [2.05, 4.69) is 41.4 Å². The molecule has 0 aliphatic carbocycles. The predicted octanol–water partition coefficient (Wildman–Crippen LogP) is 2.49. The number of hydrogen-bond donors (Lipinski definition) is 0. The largest absolute Gasteiger partial charge is 0.341 e. The first-order valence-corrected chi connectivity index (χ1v) is 8.87. The molecule has 2 aromatic rings. The van der Waals surface area contributed by atoms with Crippen molar-refractivity contribution in [1.29, 1.82) is 0 Å². The Kier molecular flexibility index (Phi) is 4.71.